The summed E-state index contributed by atoms with van der Waals surface area (Å²) in [6, 6.07) is 14.9. The van der Waals surface area contributed by atoms with Crippen molar-refractivity contribution in [1.82, 2.24) is 10.2 Å². The quantitative estimate of drug-likeness (QED) is 0.461. The number of Topliss-reactive ketones (excluding diaryl/α,β-unsaturated/α-hetero) is 1. The van der Waals surface area contributed by atoms with E-state index in [1.165, 1.54) is 24.3 Å². The minimum absolute atomic E-state index is 0.0501. The van der Waals surface area contributed by atoms with E-state index in [-0.39, 0.29) is 30.0 Å². The highest BCUT2D eigenvalue weighted by Crippen LogP contribution is 2.19. The Morgan fingerprint density at radius 3 is 2.48 bits per heavy atom. The second-order valence-corrected chi connectivity index (χ2v) is 6.56. The number of nitrogens with one attached hydrogen (secondary N) is 1. The van der Waals surface area contributed by atoms with E-state index in [0.29, 0.717) is 25.1 Å². The minimum Gasteiger partial charge on any atom is -0.351 e. The highest BCUT2D eigenvalue weighted by atomic mass is 16.6. The number of likely N-dealkylation sites (tertiary alicyclic amines) is 1. The van der Waals surface area contributed by atoms with Crippen LogP contribution < -0.4 is 5.32 Å². The summed E-state index contributed by atoms with van der Waals surface area (Å²) in [5, 5.41) is 13.6. The van der Waals surface area contributed by atoms with Crippen LogP contribution in [0.5, 0.6) is 0 Å². The van der Waals surface area contributed by atoms with Gasteiger partial charge in [-0.05, 0) is 37.1 Å². The zero-order valence-electron chi connectivity index (χ0n) is 14.8. The molecular formula is C20H21N3O4. The molecule has 0 spiro atoms. The van der Waals surface area contributed by atoms with Crippen LogP contribution in [-0.2, 0) is 11.3 Å². The molecule has 2 aromatic rings. The molecule has 0 unspecified atom stereocenters. The number of amides is 1. The van der Waals surface area contributed by atoms with Gasteiger partial charge in [-0.25, -0.2) is 0 Å². The molecule has 3 rings (SSSR count). The first kappa shape index (κ1) is 18.7. The number of nitro benzene ring substituents is 1. The van der Waals surface area contributed by atoms with Gasteiger partial charge < -0.3 is 5.32 Å². The Morgan fingerprint density at radius 2 is 1.81 bits per heavy atom. The number of ketones is 1. The number of non-ortho nitro benzene ring substituents is 1. The summed E-state index contributed by atoms with van der Waals surface area (Å²) in [6.07, 6.45) is 1.57. The van der Waals surface area contributed by atoms with Crippen molar-refractivity contribution in [2.75, 3.05) is 13.1 Å². The molecule has 0 bridgehead atoms. The van der Waals surface area contributed by atoms with Gasteiger partial charge in [0.2, 0.25) is 5.91 Å². The van der Waals surface area contributed by atoms with Crippen LogP contribution in [0.4, 0.5) is 5.69 Å². The molecule has 1 heterocycles. The number of benzene rings is 2. The molecule has 1 aliphatic heterocycles. The van der Waals surface area contributed by atoms with Crippen molar-refractivity contribution in [3.8, 4) is 0 Å². The lowest BCUT2D eigenvalue weighted by Crippen LogP contribution is -2.44. The number of rotatable bonds is 7. The molecule has 0 aromatic heterocycles. The monoisotopic (exact) mass is 367 g/mol. The molecule has 2 aromatic carbocycles. The van der Waals surface area contributed by atoms with Gasteiger partial charge in [0.05, 0.1) is 17.5 Å². The van der Waals surface area contributed by atoms with Crippen LogP contribution in [0.15, 0.2) is 54.6 Å². The van der Waals surface area contributed by atoms with E-state index in [2.05, 4.69) is 5.32 Å². The Labute approximate surface area is 157 Å². The maximum absolute atomic E-state index is 12.5. The summed E-state index contributed by atoms with van der Waals surface area (Å²) in [6.45, 7) is 1.27. The summed E-state index contributed by atoms with van der Waals surface area (Å²) in [5.74, 6) is -0.222. The summed E-state index contributed by atoms with van der Waals surface area (Å²) in [5.41, 5.74) is 1.39. The standard InChI is InChI=1S/C20H21N3O4/c24-19(16-8-10-17(11-9-16)23(26)27)14-22-12-4-7-18(22)20(25)21-13-15-5-2-1-3-6-15/h1-3,5-6,8-11,18H,4,7,12-14H2,(H,21,25)/t18-/m0/s1. The number of hydrogen-bond donors (Lipinski definition) is 1. The second-order valence-electron chi connectivity index (χ2n) is 6.56. The molecule has 1 fully saturated rings. The zero-order valence-corrected chi connectivity index (χ0v) is 14.8. The molecule has 1 saturated heterocycles. The van der Waals surface area contributed by atoms with Crippen molar-refractivity contribution in [2.24, 2.45) is 0 Å². The van der Waals surface area contributed by atoms with E-state index < -0.39 is 4.92 Å². The second kappa shape index (κ2) is 8.55. The fourth-order valence-corrected chi connectivity index (χ4v) is 3.26. The number of carbonyl (C=O) groups is 2. The first-order valence-corrected chi connectivity index (χ1v) is 8.88. The van der Waals surface area contributed by atoms with Gasteiger partial charge in [0.25, 0.3) is 5.69 Å². The van der Waals surface area contributed by atoms with E-state index in [9.17, 15) is 19.7 Å². The Kier molecular flexibility index (Phi) is 5.93. The van der Waals surface area contributed by atoms with Crippen molar-refractivity contribution in [1.29, 1.82) is 0 Å². The molecule has 0 saturated carbocycles. The third-order valence-electron chi connectivity index (χ3n) is 4.72. The first-order valence-electron chi connectivity index (χ1n) is 8.88. The van der Waals surface area contributed by atoms with E-state index in [1.54, 1.807) is 0 Å². The van der Waals surface area contributed by atoms with Gasteiger partial charge >= 0.3 is 0 Å². The SMILES string of the molecule is O=C(CN1CCC[C@H]1C(=O)NCc1ccccc1)c1ccc([N+](=O)[O-])cc1. The molecule has 0 aliphatic carbocycles. The van der Waals surface area contributed by atoms with Crippen LogP contribution in [0.3, 0.4) is 0 Å². The Balaban J connectivity index is 1.57. The fraction of sp³-hybridized carbons (Fsp3) is 0.300. The van der Waals surface area contributed by atoms with Gasteiger partial charge in [0, 0.05) is 24.2 Å². The smallest absolute Gasteiger partial charge is 0.269 e. The highest BCUT2D eigenvalue weighted by Gasteiger charge is 2.31. The number of carbonyl (C=O) groups excluding carboxylic acids is 2. The van der Waals surface area contributed by atoms with Gasteiger partial charge in [-0.3, -0.25) is 24.6 Å². The number of nitrogens with zero attached hydrogens (tertiary/aromatic N) is 2. The van der Waals surface area contributed by atoms with Crippen molar-refractivity contribution in [2.45, 2.75) is 25.4 Å². The first-order chi connectivity index (χ1) is 13.0. The Morgan fingerprint density at radius 1 is 1.11 bits per heavy atom. The lowest BCUT2D eigenvalue weighted by atomic mass is 10.1. The predicted octanol–water partition coefficient (Wildman–Crippen LogP) is 2.56. The van der Waals surface area contributed by atoms with Crippen molar-refractivity contribution in [3.63, 3.8) is 0 Å². The molecule has 7 nitrogen and oxygen atoms in total. The molecule has 27 heavy (non-hydrogen) atoms. The van der Waals surface area contributed by atoms with E-state index >= 15 is 0 Å². The molecule has 0 radical (unpaired) electrons. The van der Waals surface area contributed by atoms with Crippen LogP contribution in [0.25, 0.3) is 0 Å². The normalized spacial score (nSPS) is 16.8. The Hall–Kier alpha value is -3.06. The van der Waals surface area contributed by atoms with Gasteiger partial charge in [0.15, 0.2) is 5.78 Å². The molecule has 1 aliphatic rings. The highest BCUT2D eigenvalue weighted by molar-refractivity contribution is 5.98. The maximum atomic E-state index is 12.5. The van der Waals surface area contributed by atoms with E-state index in [1.807, 2.05) is 35.2 Å². The van der Waals surface area contributed by atoms with Crippen LogP contribution >= 0.6 is 0 Å². The van der Waals surface area contributed by atoms with Gasteiger partial charge in [0.1, 0.15) is 0 Å². The zero-order chi connectivity index (χ0) is 19.2. The minimum atomic E-state index is -0.498. The maximum Gasteiger partial charge on any atom is 0.269 e. The summed E-state index contributed by atoms with van der Waals surface area (Å²) in [4.78, 5) is 37.1. The largest absolute Gasteiger partial charge is 0.351 e. The third-order valence-corrected chi connectivity index (χ3v) is 4.72. The van der Waals surface area contributed by atoms with Crippen LogP contribution in [0.2, 0.25) is 0 Å². The van der Waals surface area contributed by atoms with Crippen LogP contribution in [0.1, 0.15) is 28.8 Å². The average Bonchev–Trinajstić information content (AvgIpc) is 3.15. The average molecular weight is 367 g/mol. The van der Waals surface area contributed by atoms with Crippen molar-refractivity contribution >= 4 is 17.4 Å². The van der Waals surface area contributed by atoms with Gasteiger partial charge in [-0.1, -0.05) is 30.3 Å². The van der Waals surface area contributed by atoms with E-state index in [0.717, 1.165) is 12.0 Å². The fourth-order valence-electron chi connectivity index (χ4n) is 3.26. The molecule has 1 amide bonds. The van der Waals surface area contributed by atoms with Gasteiger partial charge in [-0.2, -0.15) is 0 Å². The predicted molar refractivity (Wildman–Crippen MR) is 100 cm³/mol. The topological polar surface area (TPSA) is 92.6 Å². The molecule has 140 valence electrons. The lowest BCUT2D eigenvalue weighted by molar-refractivity contribution is -0.384. The van der Waals surface area contributed by atoms with E-state index in [4.69, 9.17) is 0 Å². The van der Waals surface area contributed by atoms with Crippen LogP contribution in [-0.4, -0.2) is 40.6 Å². The number of hydrogen-bond acceptors (Lipinski definition) is 5. The van der Waals surface area contributed by atoms with Crippen molar-refractivity contribution in [3.05, 3.63) is 75.8 Å². The number of nitro groups is 1. The molecule has 1 atom stereocenters. The molecular weight excluding hydrogens is 346 g/mol. The summed E-state index contributed by atoms with van der Waals surface area (Å²) >= 11 is 0. The van der Waals surface area contributed by atoms with Crippen LogP contribution in [0, 0.1) is 10.1 Å². The summed E-state index contributed by atoms with van der Waals surface area (Å²) in [7, 11) is 0. The van der Waals surface area contributed by atoms with Gasteiger partial charge in [-0.15, -0.1) is 0 Å². The third kappa shape index (κ3) is 4.77. The Bertz CT molecular complexity index is 821. The lowest BCUT2D eigenvalue weighted by Gasteiger charge is -2.23. The summed E-state index contributed by atoms with van der Waals surface area (Å²) < 4.78 is 0. The molecule has 1 N–H and O–H groups in total. The molecule has 7 heteroatoms. The van der Waals surface area contributed by atoms with Crippen molar-refractivity contribution < 1.29 is 14.5 Å².